The molecule has 0 aromatic carbocycles. The van der Waals surface area contributed by atoms with Gasteiger partial charge in [-0.05, 0) is 12.1 Å². The van der Waals surface area contributed by atoms with Crippen LogP contribution in [0.1, 0.15) is 0 Å². The van der Waals surface area contributed by atoms with E-state index in [9.17, 15) is 0 Å². The zero-order valence-corrected chi connectivity index (χ0v) is 8.83. The fraction of sp³-hybridized carbons (Fsp3) is 0.400. The molecule has 0 spiro atoms. The lowest BCUT2D eigenvalue weighted by atomic mass is 10.3. The van der Waals surface area contributed by atoms with Crippen LogP contribution in [-0.2, 0) is 4.74 Å². The van der Waals surface area contributed by atoms with E-state index < -0.39 is 0 Å². The van der Waals surface area contributed by atoms with Crippen LogP contribution in [0, 0.1) is 0 Å². The van der Waals surface area contributed by atoms with Crippen molar-refractivity contribution in [3.8, 4) is 0 Å². The van der Waals surface area contributed by atoms with Crippen molar-refractivity contribution in [3.63, 3.8) is 0 Å². The molecule has 1 aliphatic rings. The summed E-state index contributed by atoms with van der Waals surface area (Å²) in [5.41, 5.74) is 6.38. The van der Waals surface area contributed by atoms with E-state index in [4.69, 9.17) is 10.5 Å². The van der Waals surface area contributed by atoms with Gasteiger partial charge in [-0.15, -0.1) is 5.10 Å². The third-order valence-electron chi connectivity index (χ3n) is 2.69. The van der Waals surface area contributed by atoms with Crippen LogP contribution in [0.2, 0.25) is 0 Å². The van der Waals surface area contributed by atoms with Crippen molar-refractivity contribution in [1.82, 2.24) is 14.6 Å². The Kier molecular flexibility index (Phi) is 2.14. The molecule has 16 heavy (non-hydrogen) atoms. The molecule has 0 aliphatic carbocycles. The second-order valence-corrected chi connectivity index (χ2v) is 3.72. The van der Waals surface area contributed by atoms with Crippen LogP contribution in [-0.4, -0.2) is 40.9 Å². The quantitative estimate of drug-likeness (QED) is 0.739. The van der Waals surface area contributed by atoms with Gasteiger partial charge >= 0.3 is 0 Å². The number of nitrogens with zero attached hydrogens (tertiary/aromatic N) is 4. The van der Waals surface area contributed by atoms with Crippen LogP contribution in [0.15, 0.2) is 18.2 Å². The molecule has 0 amide bonds. The summed E-state index contributed by atoms with van der Waals surface area (Å²) < 4.78 is 7.11. The van der Waals surface area contributed by atoms with Gasteiger partial charge in [0.25, 0.3) is 0 Å². The molecule has 0 atom stereocenters. The first-order valence-electron chi connectivity index (χ1n) is 5.28. The van der Waals surface area contributed by atoms with Crippen molar-refractivity contribution >= 4 is 17.4 Å². The molecule has 84 valence electrons. The summed E-state index contributed by atoms with van der Waals surface area (Å²) >= 11 is 0. The molecule has 3 rings (SSSR count). The van der Waals surface area contributed by atoms with Gasteiger partial charge < -0.3 is 15.4 Å². The standard InChI is InChI=1S/C10H13N5O/c11-10-12-8-2-1-3-9(15(8)13-10)14-4-6-16-7-5-14/h1-3H,4-7H2,(H2,11,13). The van der Waals surface area contributed by atoms with Crippen molar-refractivity contribution in [1.29, 1.82) is 0 Å². The number of aromatic nitrogens is 3. The Labute approximate surface area is 92.6 Å². The summed E-state index contributed by atoms with van der Waals surface area (Å²) in [4.78, 5) is 6.37. The number of pyridine rings is 1. The Hall–Kier alpha value is -1.82. The lowest BCUT2D eigenvalue weighted by Gasteiger charge is -2.28. The predicted octanol–water partition coefficient (Wildman–Crippen LogP) is 0.148. The molecule has 0 bridgehead atoms. The summed E-state index contributed by atoms with van der Waals surface area (Å²) in [6.07, 6.45) is 0. The second kappa shape index (κ2) is 3.64. The van der Waals surface area contributed by atoms with Gasteiger partial charge in [-0.1, -0.05) is 6.07 Å². The molecular formula is C10H13N5O. The predicted molar refractivity (Wildman–Crippen MR) is 60.4 cm³/mol. The average Bonchev–Trinajstić information content (AvgIpc) is 2.70. The van der Waals surface area contributed by atoms with E-state index in [-0.39, 0.29) is 0 Å². The number of anilines is 2. The highest BCUT2D eigenvalue weighted by Gasteiger charge is 2.15. The van der Waals surface area contributed by atoms with E-state index in [1.807, 2.05) is 18.2 Å². The SMILES string of the molecule is Nc1nc2cccc(N3CCOCC3)n2n1. The molecule has 6 heteroatoms. The Balaban J connectivity index is 2.07. The summed E-state index contributed by atoms with van der Waals surface area (Å²) in [5, 5.41) is 4.19. The molecule has 2 aromatic heterocycles. The summed E-state index contributed by atoms with van der Waals surface area (Å²) in [7, 11) is 0. The Morgan fingerprint density at radius 1 is 1.25 bits per heavy atom. The van der Waals surface area contributed by atoms with Gasteiger partial charge in [0.2, 0.25) is 5.95 Å². The molecule has 3 heterocycles. The number of nitrogens with two attached hydrogens (primary N) is 1. The smallest absolute Gasteiger partial charge is 0.240 e. The van der Waals surface area contributed by atoms with Crippen molar-refractivity contribution in [2.24, 2.45) is 0 Å². The summed E-state index contributed by atoms with van der Waals surface area (Å²) in [6, 6.07) is 5.88. The Bertz CT molecular complexity index is 503. The first kappa shape index (κ1) is 9.41. The van der Waals surface area contributed by atoms with Crippen molar-refractivity contribution in [2.45, 2.75) is 0 Å². The Morgan fingerprint density at radius 3 is 2.88 bits per heavy atom. The fourth-order valence-electron chi connectivity index (χ4n) is 1.94. The maximum atomic E-state index is 5.60. The van der Waals surface area contributed by atoms with Crippen LogP contribution in [0.4, 0.5) is 11.8 Å². The average molecular weight is 219 g/mol. The monoisotopic (exact) mass is 219 g/mol. The molecule has 1 aliphatic heterocycles. The lowest BCUT2D eigenvalue weighted by Crippen LogP contribution is -2.37. The number of nitrogen functional groups attached to an aromatic ring is 1. The number of fused-ring (bicyclic) bond motifs is 1. The summed E-state index contributed by atoms with van der Waals surface area (Å²) in [6.45, 7) is 3.25. The third-order valence-corrected chi connectivity index (χ3v) is 2.69. The van der Waals surface area contributed by atoms with Crippen LogP contribution < -0.4 is 10.6 Å². The lowest BCUT2D eigenvalue weighted by molar-refractivity contribution is 0.122. The number of ether oxygens (including phenoxy) is 1. The number of rotatable bonds is 1. The molecular weight excluding hydrogens is 206 g/mol. The summed E-state index contributed by atoms with van der Waals surface area (Å²) in [5.74, 6) is 1.32. The third kappa shape index (κ3) is 1.47. The van der Waals surface area contributed by atoms with Gasteiger partial charge in [-0.25, -0.2) is 0 Å². The highest BCUT2D eigenvalue weighted by molar-refractivity contribution is 5.52. The first-order valence-corrected chi connectivity index (χ1v) is 5.28. The first-order chi connectivity index (χ1) is 7.84. The molecule has 0 saturated carbocycles. The van der Waals surface area contributed by atoms with Crippen LogP contribution in [0.5, 0.6) is 0 Å². The van der Waals surface area contributed by atoms with E-state index in [0.717, 1.165) is 37.8 Å². The maximum Gasteiger partial charge on any atom is 0.240 e. The zero-order chi connectivity index (χ0) is 11.0. The van der Waals surface area contributed by atoms with Crippen LogP contribution in [0.25, 0.3) is 5.65 Å². The molecule has 2 N–H and O–H groups in total. The highest BCUT2D eigenvalue weighted by atomic mass is 16.5. The largest absolute Gasteiger partial charge is 0.378 e. The van der Waals surface area contributed by atoms with Crippen LogP contribution >= 0.6 is 0 Å². The van der Waals surface area contributed by atoms with E-state index in [1.165, 1.54) is 0 Å². The normalized spacial score (nSPS) is 16.9. The number of morpholine rings is 1. The Morgan fingerprint density at radius 2 is 2.06 bits per heavy atom. The fourth-order valence-corrected chi connectivity index (χ4v) is 1.94. The minimum atomic E-state index is 0.306. The minimum absolute atomic E-state index is 0.306. The van der Waals surface area contributed by atoms with E-state index in [1.54, 1.807) is 4.52 Å². The van der Waals surface area contributed by atoms with Crippen LogP contribution in [0.3, 0.4) is 0 Å². The van der Waals surface area contributed by atoms with Gasteiger partial charge in [0, 0.05) is 13.1 Å². The number of hydrogen-bond donors (Lipinski definition) is 1. The number of hydrogen-bond acceptors (Lipinski definition) is 5. The zero-order valence-electron chi connectivity index (χ0n) is 8.83. The molecule has 1 fully saturated rings. The molecule has 2 aromatic rings. The maximum absolute atomic E-state index is 5.60. The van der Waals surface area contributed by atoms with Crippen molar-refractivity contribution < 1.29 is 4.74 Å². The van der Waals surface area contributed by atoms with E-state index in [2.05, 4.69) is 15.0 Å². The van der Waals surface area contributed by atoms with E-state index in [0.29, 0.717) is 5.95 Å². The van der Waals surface area contributed by atoms with Crippen molar-refractivity contribution in [2.75, 3.05) is 36.9 Å². The molecule has 6 nitrogen and oxygen atoms in total. The highest BCUT2D eigenvalue weighted by Crippen LogP contribution is 2.17. The van der Waals surface area contributed by atoms with Gasteiger partial charge in [0.05, 0.1) is 13.2 Å². The molecule has 0 unspecified atom stereocenters. The van der Waals surface area contributed by atoms with Gasteiger partial charge in [-0.3, -0.25) is 0 Å². The molecule has 0 radical (unpaired) electrons. The van der Waals surface area contributed by atoms with E-state index >= 15 is 0 Å². The minimum Gasteiger partial charge on any atom is -0.378 e. The molecule has 1 saturated heterocycles. The topological polar surface area (TPSA) is 68.7 Å². The van der Waals surface area contributed by atoms with Gasteiger partial charge in [-0.2, -0.15) is 9.50 Å². The van der Waals surface area contributed by atoms with Crippen molar-refractivity contribution in [3.05, 3.63) is 18.2 Å². The van der Waals surface area contributed by atoms with Gasteiger partial charge in [0.1, 0.15) is 5.82 Å². The second-order valence-electron chi connectivity index (χ2n) is 3.72. The van der Waals surface area contributed by atoms with Gasteiger partial charge in [0.15, 0.2) is 5.65 Å².